The van der Waals surface area contributed by atoms with E-state index in [2.05, 4.69) is 25.4 Å². The highest BCUT2D eigenvalue weighted by Crippen LogP contribution is 2.24. The Labute approximate surface area is 167 Å². The number of aromatic nitrogens is 6. The first-order valence-corrected chi connectivity index (χ1v) is 9.09. The van der Waals surface area contributed by atoms with Crippen LogP contribution in [-0.2, 0) is 7.05 Å². The van der Waals surface area contributed by atoms with E-state index in [0.717, 1.165) is 17.0 Å². The second-order valence-electron chi connectivity index (χ2n) is 6.77. The van der Waals surface area contributed by atoms with Crippen molar-refractivity contribution in [1.29, 1.82) is 0 Å². The number of imidazole rings is 1. The summed E-state index contributed by atoms with van der Waals surface area (Å²) in [4.78, 5) is 26.1. The normalized spacial score (nSPS) is 12.1. The van der Waals surface area contributed by atoms with E-state index in [-0.39, 0.29) is 5.82 Å². The van der Waals surface area contributed by atoms with Gasteiger partial charge < -0.3 is 14.6 Å². The predicted molar refractivity (Wildman–Crippen MR) is 106 cm³/mol. The van der Waals surface area contributed by atoms with E-state index in [1.165, 1.54) is 0 Å². The number of methoxy groups -OCH3 is 1. The second kappa shape index (κ2) is 7.34. The van der Waals surface area contributed by atoms with Gasteiger partial charge in [0.2, 0.25) is 5.82 Å². The molecule has 4 rings (SSSR count). The first-order valence-electron chi connectivity index (χ1n) is 9.09. The van der Waals surface area contributed by atoms with Crippen molar-refractivity contribution in [3.05, 3.63) is 71.3 Å². The summed E-state index contributed by atoms with van der Waals surface area (Å²) in [7, 11) is 3.48. The van der Waals surface area contributed by atoms with Gasteiger partial charge >= 0.3 is 0 Å². The van der Waals surface area contributed by atoms with E-state index in [0.29, 0.717) is 17.4 Å². The van der Waals surface area contributed by atoms with Crippen molar-refractivity contribution in [3.8, 4) is 5.75 Å². The second-order valence-corrected chi connectivity index (χ2v) is 6.77. The van der Waals surface area contributed by atoms with Crippen molar-refractivity contribution in [2.75, 3.05) is 7.11 Å². The summed E-state index contributed by atoms with van der Waals surface area (Å²) >= 11 is 0. The number of hydrogen-bond donors (Lipinski definition) is 1. The lowest BCUT2D eigenvalue weighted by atomic mass is 10.1. The zero-order valence-electron chi connectivity index (χ0n) is 16.6. The van der Waals surface area contributed by atoms with Crippen molar-refractivity contribution in [2.45, 2.75) is 19.9 Å². The summed E-state index contributed by atoms with van der Waals surface area (Å²) in [6.45, 7) is 3.77. The van der Waals surface area contributed by atoms with Crippen molar-refractivity contribution in [2.24, 2.45) is 7.05 Å². The Balaban J connectivity index is 1.72. The van der Waals surface area contributed by atoms with Gasteiger partial charge in [-0.15, -0.1) is 5.10 Å². The number of carbonyl (C=O) groups is 1. The number of nitrogens with zero attached hydrogens (tertiary/aromatic N) is 6. The van der Waals surface area contributed by atoms with Crippen LogP contribution in [0.3, 0.4) is 0 Å². The van der Waals surface area contributed by atoms with Crippen LogP contribution in [-0.4, -0.2) is 42.2 Å². The third kappa shape index (κ3) is 3.54. The van der Waals surface area contributed by atoms with Gasteiger partial charge in [-0.1, -0.05) is 12.1 Å². The molecule has 0 saturated carbocycles. The summed E-state index contributed by atoms with van der Waals surface area (Å²) in [6, 6.07) is 8.88. The standard InChI is InChI=1S/C20H21N7O2/c1-12-10-13(2)27-20(22-12)24-17(25-27)19(28)23-16(18-21-8-9-26(18)3)14-6-5-7-15(11-14)29-4/h5-11,16H,1-4H3,(H,23,28). The van der Waals surface area contributed by atoms with Gasteiger partial charge in [-0.05, 0) is 37.6 Å². The van der Waals surface area contributed by atoms with E-state index in [1.807, 2.05) is 62.0 Å². The third-order valence-electron chi connectivity index (χ3n) is 4.64. The van der Waals surface area contributed by atoms with Gasteiger partial charge in [-0.2, -0.15) is 4.98 Å². The van der Waals surface area contributed by atoms with Gasteiger partial charge in [0.25, 0.3) is 11.7 Å². The predicted octanol–water partition coefficient (Wildman–Crippen LogP) is 2.00. The molecule has 0 radical (unpaired) electrons. The molecule has 1 amide bonds. The first-order chi connectivity index (χ1) is 14.0. The average Bonchev–Trinajstić information content (AvgIpc) is 3.32. The molecule has 9 nitrogen and oxygen atoms in total. The molecule has 0 aliphatic carbocycles. The van der Waals surface area contributed by atoms with Crippen molar-refractivity contribution < 1.29 is 9.53 Å². The highest BCUT2D eigenvalue weighted by molar-refractivity contribution is 5.91. The van der Waals surface area contributed by atoms with Gasteiger partial charge in [0.15, 0.2) is 0 Å². The highest BCUT2D eigenvalue weighted by Gasteiger charge is 2.24. The number of fused-ring (bicyclic) bond motifs is 1. The lowest BCUT2D eigenvalue weighted by Crippen LogP contribution is -2.32. The van der Waals surface area contributed by atoms with Gasteiger partial charge in [-0.3, -0.25) is 4.79 Å². The highest BCUT2D eigenvalue weighted by atomic mass is 16.5. The number of hydrogen-bond acceptors (Lipinski definition) is 6. The summed E-state index contributed by atoms with van der Waals surface area (Å²) in [5.74, 6) is 1.40. The molecule has 0 aliphatic heterocycles. The van der Waals surface area contributed by atoms with Crippen LogP contribution in [0.4, 0.5) is 0 Å². The zero-order valence-corrected chi connectivity index (χ0v) is 16.6. The molecule has 1 N–H and O–H groups in total. The van der Waals surface area contributed by atoms with Crippen LogP contribution in [0.2, 0.25) is 0 Å². The van der Waals surface area contributed by atoms with Gasteiger partial charge in [0.05, 0.1) is 7.11 Å². The fraction of sp³-hybridized carbons (Fsp3) is 0.250. The third-order valence-corrected chi connectivity index (χ3v) is 4.64. The van der Waals surface area contributed by atoms with E-state index >= 15 is 0 Å². The molecule has 0 bridgehead atoms. The van der Waals surface area contributed by atoms with Crippen LogP contribution in [0.15, 0.2) is 42.7 Å². The van der Waals surface area contributed by atoms with Crippen molar-refractivity contribution in [1.82, 2.24) is 34.4 Å². The minimum absolute atomic E-state index is 0.0494. The number of rotatable bonds is 5. The summed E-state index contributed by atoms with van der Waals surface area (Å²) in [6.07, 6.45) is 3.52. The molecule has 0 aliphatic rings. The Hall–Kier alpha value is -3.75. The number of amides is 1. The molecule has 3 heterocycles. The zero-order chi connectivity index (χ0) is 20.5. The Morgan fingerprint density at radius 2 is 2.03 bits per heavy atom. The van der Waals surface area contributed by atoms with Gasteiger partial charge in [0.1, 0.15) is 17.6 Å². The molecule has 3 aromatic heterocycles. The molecule has 0 saturated heterocycles. The fourth-order valence-corrected chi connectivity index (χ4v) is 3.23. The molecule has 1 atom stereocenters. The molecule has 9 heteroatoms. The van der Waals surface area contributed by atoms with E-state index in [4.69, 9.17) is 4.74 Å². The Kier molecular flexibility index (Phi) is 4.71. The SMILES string of the molecule is COc1cccc(C(NC(=O)c2nc3nc(C)cc(C)n3n2)c2nccn2C)c1. The molecule has 1 unspecified atom stereocenters. The monoisotopic (exact) mass is 391 g/mol. The average molecular weight is 391 g/mol. The first kappa shape index (κ1) is 18.6. The van der Waals surface area contributed by atoms with E-state index in [1.54, 1.807) is 17.8 Å². The summed E-state index contributed by atoms with van der Waals surface area (Å²) < 4.78 is 8.75. The lowest BCUT2D eigenvalue weighted by molar-refractivity contribution is 0.0931. The van der Waals surface area contributed by atoms with Crippen LogP contribution in [0.1, 0.15) is 39.4 Å². The molecule has 4 aromatic rings. The minimum Gasteiger partial charge on any atom is -0.497 e. The molecule has 29 heavy (non-hydrogen) atoms. The maximum Gasteiger partial charge on any atom is 0.291 e. The maximum absolute atomic E-state index is 13.0. The molecule has 1 aromatic carbocycles. The number of carbonyl (C=O) groups excluding carboxylic acids is 1. The topological polar surface area (TPSA) is 99.2 Å². The van der Waals surface area contributed by atoms with Crippen LogP contribution >= 0.6 is 0 Å². The molecular formula is C20H21N7O2. The smallest absolute Gasteiger partial charge is 0.291 e. The number of ether oxygens (including phenoxy) is 1. The van der Waals surface area contributed by atoms with Crippen LogP contribution in [0.5, 0.6) is 5.75 Å². The fourth-order valence-electron chi connectivity index (χ4n) is 3.23. The van der Waals surface area contributed by atoms with E-state index < -0.39 is 11.9 Å². The van der Waals surface area contributed by atoms with Crippen molar-refractivity contribution in [3.63, 3.8) is 0 Å². The molecular weight excluding hydrogens is 370 g/mol. The quantitative estimate of drug-likeness (QED) is 0.559. The Morgan fingerprint density at radius 1 is 1.21 bits per heavy atom. The Bertz CT molecular complexity index is 1190. The van der Waals surface area contributed by atoms with Crippen LogP contribution < -0.4 is 10.1 Å². The Morgan fingerprint density at radius 3 is 2.76 bits per heavy atom. The van der Waals surface area contributed by atoms with Crippen molar-refractivity contribution >= 4 is 11.7 Å². The summed E-state index contributed by atoms with van der Waals surface area (Å²) in [5.41, 5.74) is 2.50. The lowest BCUT2D eigenvalue weighted by Gasteiger charge is -2.19. The number of nitrogens with one attached hydrogen (secondary N) is 1. The molecule has 0 spiro atoms. The number of benzene rings is 1. The summed E-state index contributed by atoms with van der Waals surface area (Å²) in [5, 5.41) is 7.31. The van der Waals surface area contributed by atoms with Crippen LogP contribution in [0, 0.1) is 13.8 Å². The molecule has 148 valence electrons. The largest absolute Gasteiger partial charge is 0.497 e. The maximum atomic E-state index is 13.0. The van der Waals surface area contributed by atoms with Gasteiger partial charge in [0, 0.05) is 30.8 Å². The molecule has 0 fully saturated rings. The van der Waals surface area contributed by atoms with E-state index in [9.17, 15) is 4.79 Å². The van der Waals surface area contributed by atoms with Gasteiger partial charge in [-0.25, -0.2) is 14.5 Å². The number of aryl methyl sites for hydroxylation is 3. The van der Waals surface area contributed by atoms with Crippen LogP contribution in [0.25, 0.3) is 5.78 Å². The minimum atomic E-state index is -0.500.